The van der Waals surface area contributed by atoms with E-state index in [-0.39, 0.29) is 25.7 Å². The number of unbranched alkanes of at least 4 members (excludes halogenated alkanes) is 46. The van der Waals surface area contributed by atoms with Crippen LogP contribution in [0.4, 0.5) is 0 Å². The topological polar surface area (TPSA) is 237 Å². The summed E-state index contributed by atoms with van der Waals surface area (Å²) in [6, 6.07) is 0. The molecule has 0 amide bonds. The van der Waals surface area contributed by atoms with Crippen LogP contribution in [0.5, 0.6) is 0 Å². The molecular formula is C86H168O17P2. The molecule has 19 heteroatoms. The fraction of sp³-hybridized carbons (Fsp3) is 0.953. The zero-order valence-corrected chi connectivity index (χ0v) is 71.2. The van der Waals surface area contributed by atoms with E-state index in [1.165, 1.54) is 250 Å². The third kappa shape index (κ3) is 75.9. The lowest BCUT2D eigenvalue weighted by molar-refractivity contribution is -0.161. The smallest absolute Gasteiger partial charge is 0.462 e. The Bertz CT molecular complexity index is 2050. The lowest BCUT2D eigenvalue weighted by Crippen LogP contribution is -2.30. The van der Waals surface area contributed by atoms with E-state index in [4.69, 9.17) is 37.0 Å². The summed E-state index contributed by atoms with van der Waals surface area (Å²) >= 11 is 0. The standard InChI is InChI=1S/C86H168O17P2/c1-9-77(6)63-55-47-39-31-24-20-16-14-12-13-15-17-23-27-34-44-52-60-68-85(90)102-81(72-96-83(88)66-58-50-42-33-26-22-19-18-21-25-32-40-48-56-64-78(7)10-2)74-100-104(92,93)98-70-80(87)71-99-105(94,95)101-75-82(73-97-84(89)67-59-51-43-37-36-41-49-57-65-79(8)11-3)103-86(91)69-61-53-45-35-29-28-30-38-46-54-62-76(4)5/h76-82,87H,9-75H2,1-8H3,(H,92,93)(H,94,95)/t77?,78?,79?,80-,81-,82-/m1/s1. The van der Waals surface area contributed by atoms with Crippen LogP contribution in [0.3, 0.4) is 0 Å². The van der Waals surface area contributed by atoms with Crippen molar-refractivity contribution in [2.24, 2.45) is 23.7 Å². The fourth-order valence-corrected chi connectivity index (χ4v) is 14.8. The number of phosphoric ester groups is 2. The van der Waals surface area contributed by atoms with Crippen LogP contribution in [0.1, 0.15) is 447 Å². The minimum Gasteiger partial charge on any atom is -0.462 e. The number of aliphatic hydroxyl groups excluding tert-OH is 1. The Labute approximate surface area is 645 Å². The molecule has 0 fully saturated rings. The predicted octanol–water partition coefficient (Wildman–Crippen LogP) is 25.9. The summed E-state index contributed by atoms with van der Waals surface area (Å²) in [7, 11) is -9.93. The van der Waals surface area contributed by atoms with Crippen LogP contribution in [0.15, 0.2) is 0 Å². The molecule has 5 unspecified atom stereocenters. The molecule has 0 aromatic heterocycles. The van der Waals surface area contributed by atoms with E-state index in [1.807, 2.05) is 0 Å². The molecule has 0 aliphatic heterocycles. The normalized spacial score (nSPS) is 14.7. The average molecular weight is 1540 g/mol. The molecule has 0 saturated heterocycles. The molecule has 3 N–H and O–H groups in total. The first kappa shape index (κ1) is 103. The maximum absolute atomic E-state index is 13.2. The van der Waals surface area contributed by atoms with Gasteiger partial charge >= 0.3 is 39.5 Å². The molecular weight excluding hydrogens is 1370 g/mol. The summed E-state index contributed by atoms with van der Waals surface area (Å²) in [6.45, 7) is 14.4. The molecule has 0 radical (unpaired) electrons. The molecule has 17 nitrogen and oxygen atoms in total. The summed E-state index contributed by atoms with van der Waals surface area (Å²) in [4.78, 5) is 73.2. The number of hydrogen-bond donors (Lipinski definition) is 3. The van der Waals surface area contributed by atoms with Gasteiger partial charge in [-0.05, 0) is 49.4 Å². The lowest BCUT2D eigenvalue weighted by Gasteiger charge is -2.21. The van der Waals surface area contributed by atoms with Crippen LogP contribution < -0.4 is 0 Å². The monoisotopic (exact) mass is 1540 g/mol. The SMILES string of the molecule is CCC(C)CCCCCCCCCCCCCCCCCCCCC(=O)O[C@H](COC(=O)CCCCCCCCCCCCCCCCC(C)CC)COP(=O)(O)OC[C@@H](O)COP(=O)(O)OC[C@@H](COC(=O)CCCCCCCCCCC(C)CC)OC(=O)CCCCCCCCCCCCC(C)C. The molecule has 624 valence electrons. The van der Waals surface area contributed by atoms with E-state index in [1.54, 1.807) is 0 Å². The van der Waals surface area contributed by atoms with Gasteiger partial charge in [0.2, 0.25) is 0 Å². The number of aliphatic hydroxyl groups is 1. The van der Waals surface area contributed by atoms with Crippen molar-refractivity contribution in [3.63, 3.8) is 0 Å². The zero-order valence-electron chi connectivity index (χ0n) is 69.4. The van der Waals surface area contributed by atoms with Crippen LogP contribution in [-0.2, 0) is 65.4 Å². The van der Waals surface area contributed by atoms with Crippen molar-refractivity contribution in [2.45, 2.75) is 465 Å². The van der Waals surface area contributed by atoms with Gasteiger partial charge in [0.1, 0.15) is 19.3 Å². The van der Waals surface area contributed by atoms with Gasteiger partial charge in [0.05, 0.1) is 26.4 Å². The van der Waals surface area contributed by atoms with Gasteiger partial charge in [0.15, 0.2) is 12.2 Å². The molecule has 0 aromatic carbocycles. The summed E-state index contributed by atoms with van der Waals surface area (Å²) in [6.07, 6.45) is 63.7. The number of rotatable bonds is 83. The first-order valence-electron chi connectivity index (χ1n) is 44.3. The van der Waals surface area contributed by atoms with Crippen LogP contribution in [0, 0.1) is 23.7 Å². The van der Waals surface area contributed by atoms with Crippen LogP contribution in [0.2, 0.25) is 0 Å². The highest BCUT2D eigenvalue weighted by Crippen LogP contribution is 2.45. The number of hydrogen-bond acceptors (Lipinski definition) is 15. The van der Waals surface area contributed by atoms with Crippen molar-refractivity contribution in [1.29, 1.82) is 0 Å². The van der Waals surface area contributed by atoms with Gasteiger partial charge < -0.3 is 33.8 Å². The predicted molar refractivity (Wildman–Crippen MR) is 432 cm³/mol. The second-order valence-corrected chi connectivity index (χ2v) is 35.0. The Morgan fingerprint density at radius 1 is 0.267 bits per heavy atom. The highest BCUT2D eigenvalue weighted by atomic mass is 31.2. The Morgan fingerprint density at radius 3 is 0.676 bits per heavy atom. The van der Waals surface area contributed by atoms with E-state index >= 15 is 0 Å². The van der Waals surface area contributed by atoms with Crippen molar-refractivity contribution in [2.75, 3.05) is 39.6 Å². The second-order valence-electron chi connectivity index (χ2n) is 32.1. The van der Waals surface area contributed by atoms with Gasteiger partial charge in [-0.15, -0.1) is 0 Å². The highest BCUT2D eigenvalue weighted by Gasteiger charge is 2.31. The number of esters is 4. The Balaban J connectivity index is 5.25. The van der Waals surface area contributed by atoms with Crippen LogP contribution in [-0.4, -0.2) is 96.7 Å². The number of phosphoric acid groups is 2. The van der Waals surface area contributed by atoms with E-state index < -0.39 is 97.5 Å². The molecule has 0 bridgehead atoms. The molecule has 0 rings (SSSR count). The number of carbonyl (C=O) groups is 4. The van der Waals surface area contributed by atoms with E-state index in [2.05, 4.69) is 55.4 Å². The van der Waals surface area contributed by atoms with Gasteiger partial charge in [0, 0.05) is 25.7 Å². The van der Waals surface area contributed by atoms with Crippen LogP contribution >= 0.6 is 15.6 Å². The molecule has 0 spiro atoms. The van der Waals surface area contributed by atoms with Crippen molar-refractivity contribution >= 4 is 39.5 Å². The highest BCUT2D eigenvalue weighted by molar-refractivity contribution is 7.47. The molecule has 0 aromatic rings. The molecule has 105 heavy (non-hydrogen) atoms. The van der Waals surface area contributed by atoms with Crippen molar-refractivity contribution in [1.82, 2.24) is 0 Å². The third-order valence-electron chi connectivity index (χ3n) is 21.2. The summed E-state index contributed by atoms with van der Waals surface area (Å²) in [5.74, 6) is 1.14. The van der Waals surface area contributed by atoms with Gasteiger partial charge in [-0.2, -0.15) is 0 Å². The summed E-state index contributed by atoms with van der Waals surface area (Å²) in [5, 5.41) is 10.7. The average Bonchev–Trinajstić information content (AvgIpc) is 0.909. The van der Waals surface area contributed by atoms with Crippen molar-refractivity contribution in [3.05, 3.63) is 0 Å². The maximum Gasteiger partial charge on any atom is 0.472 e. The number of carbonyl (C=O) groups excluding carboxylic acids is 4. The molecule has 8 atom stereocenters. The quantitative estimate of drug-likeness (QED) is 0.0222. The fourth-order valence-electron chi connectivity index (χ4n) is 13.2. The molecule has 0 heterocycles. The minimum atomic E-state index is -4.97. The summed E-state index contributed by atoms with van der Waals surface area (Å²) in [5.41, 5.74) is 0. The van der Waals surface area contributed by atoms with Crippen molar-refractivity contribution in [3.8, 4) is 0 Å². The maximum atomic E-state index is 13.2. The van der Waals surface area contributed by atoms with Gasteiger partial charge in [-0.25, -0.2) is 9.13 Å². The Morgan fingerprint density at radius 2 is 0.457 bits per heavy atom. The first-order chi connectivity index (χ1) is 50.7. The largest absolute Gasteiger partial charge is 0.472 e. The Hall–Kier alpha value is -1.94. The lowest BCUT2D eigenvalue weighted by atomic mass is 9.99. The van der Waals surface area contributed by atoms with Crippen molar-refractivity contribution < 1.29 is 80.2 Å². The number of ether oxygens (including phenoxy) is 4. The molecule has 0 aliphatic rings. The first-order valence-corrected chi connectivity index (χ1v) is 47.3. The van der Waals surface area contributed by atoms with E-state index in [9.17, 15) is 43.2 Å². The third-order valence-corrected chi connectivity index (χ3v) is 23.1. The second kappa shape index (κ2) is 74.8. The van der Waals surface area contributed by atoms with Crippen LogP contribution in [0.25, 0.3) is 0 Å². The minimum absolute atomic E-state index is 0.105. The Kier molecular flexibility index (Phi) is 73.4. The summed E-state index contributed by atoms with van der Waals surface area (Å²) < 4.78 is 68.9. The molecule has 0 saturated carbocycles. The zero-order chi connectivity index (χ0) is 77.4. The molecule has 0 aliphatic carbocycles. The van der Waals surface area contributed by atoms with Gasteiger partial charge in [0.25, 0.3) is 0 Å². The van der Waals surface area contributed by atoms with E-state index in [0.717, 1.165) is 114 Å². The van der Waals surface area contributed by atoms with Gasteiger partial charge in [-0.1, -0.05) is 396 Å². The van der Waals surface area contributed by atoms with E-state index in [0.29, 0.717) is 25.7 Å². The van der Waals surface area contributed by atoms with Gasteiger partial charge in [-0.3, -0.25) is 37.3 Å².